The highest BCUT2D eigenvalue weighted by atomic mass is 32.1. The van der Waals surface area contributed by atoms with Gasteiger partial charge in [0, 0.05) is 0 Å². The molecule has 9 nitrogen and oxygen atoms in total. The van der Waals surface area contributed by atoms with Crippen molar-refractivity contribution in [3.05, 3.63) is 90.1 Å². The summed E-state index contributed by atoms with van der Waals surface area (Å²) in [6, 6.07) is 11.3. The molecule has 0 unspecified atom stereocenters. The van der Waals surface area contributed by atoms with Crippen LogP contribution in [0.1, 0.15) is 41.4 Å². The minimum Gasteiger partial charge on any atom is -0.465 e. The summed E-state index contributed by atoms with van der Waals surface area (Å²) in [4.78, 5) is 43.4. The van der Waals surface area contributed by atoms with Crippen LogP contribution >= 0.6 is 11.3 Å². The molecule has 10 heteroatoms. The third-order valence-electron chi connectivity index (χ3n) is 5.86. The van der Waals surface area contributed by atoms with E-state index < -0.39 is 18.0 Å². The lowest BCUT2D eigenvalue weighted by molar-refractivity contribution is -0.139. The fourth-order valence-electron chi connectivity index (χ4n) is 4.17. The van der Waals surface area contributed by atoms with Crippen LogP contribution in [0, 0.1) is 0 Å². The molecule has 3 heterocycles. The monoisotopic (exact) mass is 506 g/mol. The lowest BCUT2D eigenvalue weighted by Crippen LogP contribution is -2.39. The third-order valence-corrected chi connectivity index (χ3v) is 6.84. The number of ether oxygens (including phenoxy) is 4. The highest BCUT2D eigenvalue weighted by Crippen LogP contribution is 2.38. The van der Waals surface area contributed by atoms with Gasteiger partial charge in [-0.3, -0.25) is 9.36 Å². The Morgan fingerprint density at radius 3 is 2.61 bits per heavy atom. The van der Waals surface area contributed by atoms with Gasteiger partial charge in [-0.05, 0) is 55.3 Å². The van der Waals surface area contributed by atoms with Crippen LogP contribution in [0.25, 0.3) is 6.08 Å². The predicted molar refractivity (Wildman–Crippen MR) is 131 cm³/mol. The molecule has 0 amide bonds. The van der Waals surface area contributed by atoms with E-state index in [4.69, 9.17) is 18.9 Å². The highest BCUT2D eigenvalue weighted by Gasteiger charge is 2.34. The van der Waals surface area contributed by atoms with Gasteiger partial charge in [0.1, 0.15) is 0 Å². The Kier molecular flexibility index (Phi) is 6.19. The van der Waals surface area contributed by atoms with Gasteiger partial charge in [0.05, 0.1) is 41.1 Å². The largest absolute Gasteiger partial charge is 0.465 e. The first-order chi connectivity index (χ1) is 17.4. The quantitative estimate of drug-likeness (QED) is 0.489. The second-order valence-electron chi connectivity index (χ2n) is 8.03. The lowest BCUT2D eigenvalue weighted by Gasteiger charge is -2.24. The number of hydrogen-bond acceptors (Lipinski definition) is 9. The van der Waals surface area contributed by atoms with Crippen LogP contribution in [0.3, 0.4) is 0 Å². The smallest absolute Gasteiger partial charge is 0.338 e. The van der Waals surface area contributed by atoms with Crippen molar-refractivity contribution in [2.24, 2.45) is 4.99 Å². The Balaban J connectivity index is 1.66. The second-order valence-corrected chi connectivity index (χ2v) is 9.04. The number of methoxy groups -OCH3 is 1. The highest BCUT2D eigenvalue weighted by molar-refractivity contribution is 7.07. The van der Waals surface area contributed by atoms with Gasteiger partial charge in [0.2, 0.25) is 6.79 Å². The van der Waals surface area contributed by atoms with E-state index in [-0.39, 0.29) is 24.5 Å². The number of carbonyl (C=O) groups excluding carboxylic acids is 2. The van der Waals surface area contributed by atoms with Crippen molar-refractivity contribution < 1.29 is 28.5 Å². The maximum atomic E-state index is 13.7. The van der Waals surface area contributed by atoms with E-state index in [0.717, 1.165) is 5.56 Å². The van der Waals surface area contributed by atoms with E-state index >= 15 is 0 Å². The van der Waals surface area contributed by atoms with Crippen LogP contribution < -0.4 is 24.4 Å². The van der Waals surface area contributed by atoms with Crippen LogP contribution in [0.5, 0.6) is 11.5 Å². The molecule has 2 aliphatic rings. The summed E-state index contributed by atoms with van der Waals surface area (Å²) in [6.07, 6.45) is 1.73. The molecular weight excluding hydrogens is 484 g/mol. The standard InChI is InChI=1S/C26H22N2O7S/c1-4-33-25(31)21-14(2)27-26-28(22(21)17-9-10-18-19(12-17)35-13-34-18)23(29)20(36-26)11-15-5-7-16(8-6-15)24(30)32-3/h5-12,22H,4,13H2,1-3H3/b20-11+/t22-/m1/s1. The zero-order valence-corrected chi connectivity index (χ0v) is 20.6. The molecule has 0 N–H and O–H groups in total. The molecule has 0 spiro atoms. The Morgan fingerprint density at radius 1 is 1.14 bits per heavy atom. The van der Waals surface area contributed by atoms with E-state index in [9.17, 15) is 14.4 Å². The van der Waals surface area contributed by atoms with Gasteiger partial charge in [-0.2, -0.15) is 0 Å². The summed E-state index contributed by atoms with van der Waals surface area (Å²) in [5, 5.41) is 0. The molecule has 0 fully saturated rings. The van der Waals surface area contributed by atoms with Crippen molar-refractivity contribution >= 4 is 29.4 Å². The van der Waals surface area contributed by atoms with Gasteiger partial charge in [-0.25, -0.2) is 14.6 Å². The molecule has 0 radical (unpaired) electrons. The fourth-order valence-corrected chi connectivity index (χ4v) is 5.22. The van der Waals surface area contributed by atoms with Crippen LogP contribution in [0.2, 0.25) is 0 Å². The fraction of sp³-hybridized carbons (Fsp3) is 0.231. The number of carbonyl (C=O) groups is 2. The molecule has 184 valence electrons. The van der Waals surface area contributed by atoms with Gasteiger partial charge in [-0.15, -0.1) is 0 Å². The average Bonchev–Trinajstić information content (AvgIpc) is 3.47. The Hall–Kier alpha value is -4.18. The first kappa shape index (κ1) is 23.6. The molecule has 0 bridgehead atoms. The minimum atomic E-state index is -0.751. The summed E-state index contributed by atoms with van der Waals surface area (Å²) in [6.45, 7) is 3.75. The number of aromatic nitrogens is 1. The van der Waals surface area contributed by atoms with Crippen molar-refractivity contribution in [3.63, 3.8) is 0 Å². The zero-order valence-electron chi connectivity index (χ0n) is 19.8. The number of allylic oxidation sites excluding steroid dienone is 1. The number of rotatable bonds is 5. The number of thiazole rings is 1. The number of esters is 2. The molecule has 2 aliphatic heterocycles. The maximum Gasteiger partial charge on any atom is 0.338 e. The lowest BCUT2D eigenvalue weighted by atomic mass is 9.95. The topological polar surface area (TPSA) is 105 Å². The normalized spacial score (nSPS) is 16.4. The van der Waals surface area contributed by atoms with Gasteiger partial charge in [0.15, 0.2) is 16.3 Å². The molecule has 5 rings (SSSR count). The summed E-state index contributed by atoms with van der Waals surface area (Å²) in [5.41, 5.74) is 2.28. The van der Waals surface area contributed by atoms with Crippen molar-refractivity contribution in [2.45, 2.75) is 19.9 Å². The first-order valence-corrected chi connectivity index (χ1v) is 12.0. The van der Waals surface area contributed by atoms with Crippen LogP contribution in [-0.4, -0.2) is 37.0 Å². The molecular formula is C26H22N2O7S. The van der Waals surface area contributed by atoms with Crippen LogP contribution in [0.4, 0.5) is 0 Å². The first-order valence-electron chi connectivity index (χ1n) is 11.2. The maximum absolute atomic E-state index is 13.7. The molecule has 0 saturated heterocycles. The molecule has 0 aliphatic carbocycles. The summed E-state index contributed by atoms with van der Waals surface area (Å²) < 4.78 is 23.0. The van der Waals surface area contributed by atoms with Crippen molar-refractivity contribution in [1.29, 1.82) is 0 Å². The van der Waals surface area contributed by atoms with Gasteiger partial charge in [-0.1, -0.05) is 29.5 Å². The molecule has 36 heavy (non-hydrogen) atoms. The second kappa shape index (κ2) is 9.46. The summed E-state index contributed by atoms with van der Waals surface area (Å²) in [7, 11) is 1.32. The third kappa shape index (κ3) is 4.09. The Labute approximate surface area is 209 Å². The number of nitrogens with zero attached hydrogens (tertiary/aromatic N) is 2. The Morgan fingerprint density at radius 2 is 1.89 bits per heavy atom. The van der Waals surface area contributed by atoms with Crippen LogP contribution in [-0.2, 0) is 14.3 Å². The number of benzene rings is 2. The predicted octanol–water partition coefficient (Wildman–Crippen LogP) is 2.31. The van der Waals surface area contributed by atoms with Crippen molar-refractivity contribution in [3.8, 4) is 11.5 Å². The molecule has 0 saturated carbocycles. The molecule has 1 atom stereocenters. The number of hydrogen-bond donors (Lipinski definition) is 0. The van der Waals surface area contributed by atoms with Crippen LogP contribution in [0.15, 0.2) is 63.5 Å². The van der Waals surface area contributed by atoms with E-state index in [0.29, 0.717) is 37.7 Å². The SMILES string of the molecule is CCOC(=O)C1=C(C)N=c2s/c(=C/c3ccc(C(=O)OC)cc3)c(=O)n2[C@@H]1c1ccc2c(c1)OCO2. The van der Waals surface area contributed by atoms with Gasteiger partial charge < -0.3 is 18.9 Å². The zero-order chi connectivity index (χ0) is 25.4. The minimum absolute atomic E-state index is 0.107. The van der Waals surface area contributed by atoms with Gasteiger partial charge >= 0.3 is 11.9 Å². The Bertz CT molecular complexity index is 1580. The summed E-state index contributed by atoms with van der Waals surface area (Å²) in [5.74, 6) is 0.166. The molecule has 3 aromatic rings. The number of fused-ring (bicyclic) bond motifs is 2. The van der Waals surface area contributed by atoms with E-state index in [2.05, 4.69) is 4.99 Å². The molecule has 2 aromatic carbocycles. The van der Waals surface area contributed by atoms with E-state index in [1.54, 1.807) is 62.4 Å². The average molecular weight is 507 g/mol. The van der Waals surface area contributed by atoms with E-state index in [1.807, 2.05) is 0 Å². The summed E-state index contributed by atoms with van der Waals surface area (Å²) >= 11 is 1.22. The molecule has 1 aromatic heterocycles. The van der Waals surface area contributed by atoms with Crippen molar-refractivity contribution in [2.75, 3.05) is 20.5 Å². The van der Waals surface area contributed by atoms with Gasteiger partial charge in [0.25, 0.3) is 5.56 Å². The van der Waals surface area contributed by atoms with E-state index in [1.165, 1.54) is 23.0 Å². The van der Waals surface area contributed by atoms with Crippen molar-refractivity contribution in [1.82, 2.24) is 4.57 Å².